The molecule has 2 nitrogen and oxygen atoms in total. The van der Waals surface area contributed by atoms with Crippen LogP contribution in [0.4, 0.5) is 0 Å². The van der Waals surface area contributed by atoms with Crippen molar-refractivity contribution in [2.45, 2.75) is 58.3 Å². The summed E-state index contributed by atoms with van der Waals surface area (Å²) in [4.78, 5) is 13.5. The van der Waals surface area contributed by atoms with Crippen molar-refractivity contribution in [2.75, 3.05) is 6.54 Å². The van der Waals surface area contributed by atoms with Crippen molar-refractivity contribution in [2.24, 2.45) is 5.92 Å². The van der Waals surface area contributed by atoms with E-state index in [0.717, 1.165) is 19.4 Å². The van der Waals surface area contributed by atoms with Crippen molar-refractivity contribution in [3.05, 3.63) is 12.8 Å². The predicted molar refractivity (Wildman–Crippen MR) is 68.0 cm³/mol. The molecule has 16 heavy (non-hydrogen) atoms. The number of likely N-dealkylation sites (tertiary alicyclic amines) is 1. The first kappa shape index (κ1) is 13.3. The van der Waals surface area contributed by atoms with Crippen LogP contribution in [0.2, 0.25) is 0 Å². The molecule has 1 saturated heterocycles. The van der Waals surface area contributed by atoms with Gasteiger partial charge < -0.3 is 4.90 Å². The lowest BCUT2D eigenvalue weighted by atomic mass is 9.99. The van der Waals surface area contributed by atoms with Gasteiger partial charge in [-0.15, -0.1) is 0 Å². The molecule has 1 aliphatic rings. The number of rotatable bonds is 8. The fourth-order valence-corrected chi connectivity index (χ4v) is 2.38. The molecule has 1 aliphatic heterocycles. The van der Waals surface area contributed by atoms with Crippen LogP contribution in [0.15, 0.2) is 12.8 Å². The van der Waals surface area contributed by atoms with Gasteiger partial charge in [-0.3, -0.25) is 4.79 Å². The largest absolute Gasteiger partial charge is 0.319 e. The number of carbonyl (C=O) groups is 1. The molecular weight excluding hydrogens is 198 g/mol. The average Bonchev–Trinajstić information content (AvgIpc) is 2.65. The van der Waals surface area contributed by atoms with Gasteiger partial charge in [-0.1, -0.05) is 52.0 Å². The molecule has 0 aromatic heterocycles. The first-order chi connectivity index (χ1) is 7.79. The van der Waals surface area contributed by atoms with E-state index in [4.69, 9.17) is 0 Å². The van der Waals surface area contributed by atoms with Gasteiger partial charge in [-0.2, -0.15) is 0 Å². The third-order valence-corrected chi connectivity index (χ3v) is 3.48. The van der Waals surface area contributed by atoms with Gasteiger partial charge >= 0.3 is 0 Å². The van der Waals surface area contributed by atoms with Gasteiger partial charge in [0, 0.05) is 12.5 Å². The normalized spacial score (nSPS) is 20.4. The summed E-state index contributed by atoms with van der Waals surface area (Å²) in [5.41, 5.74) is 0. The summed E-state index contributed by atoms with van der Waals surface area (Å²) in [5.74, 6) is 0.577. The molecule has 0 spiro atoms. The second kappa shape index (κ2) is 7.48. The molecule has 0 N–H and O–H groups in total. The lowest BCUT2D eigenvalue weighted by molar-refractivity contribution is -0.128. The average molecular weight is 223 g/mol. The van der Waals surface area contributed by atoms with Gasteiger partial charge in [0.05, 0.1) is 0 Å². The number of hydrogen-bond acceptors (Lipinski definition) is 1. The molecule has 1 unspecified atom stereocenters. The smallest absolute Gasteiger partial charge is 0.229 e. The van der Waals surface area contributed by atoms with Crippen LogP contribution in [0.3, 0.4) is 0 Å². The van der Waals surface area contributed by atoms with Gasteiger partial charge in [-0.25, -0.2) is 0 Å². The minimum Gasteiger partial charge on any atom is -0.319 e. The van der Waals surface area contributed by atoms with Crippen molar-refractivity contribution >= 4 is 5.91 Å². The van der Waals surface area contributed by atoms with Crippen molar-refractivity contribution in [1.82, 2.24) is 4.90 Å². The Bertz CT molecular complexity index is 225. The molecule has 0 bridgehead atoms. The SMILES string of the molecule is C=CN1CCC(CCCCCCCC)C1=O. The van der Waals surface area contributed by atoms with E-state index in [1.165, 1.54) is 38.5 Å². The molecule has 2 heteroatoms. The van der Waals surface area contributed by atoms with E-state index in [1.54, 1.807) is 11.1 Å². The predicted octanol–water partition coefficient (Wildman–Crippen LogP) is 3.73. The molecule has 1 fully saturated rings. The lowest BCUT2D eigenvalue weighted by Gasteiger charge is -2.10. The zero-order valence-corrected chi connectivity index (χ0v) is 10.6. The Morgan fingerprint density at radius 1 is 1.31 bits per heavy atom. The van der Waals surface area contributed by atoms with E-state index in [-0.39, 0.29) is 5.92 Å². The maximum Gasteiger partial charge on any atom is 0.229 e. The molecule has 92 valence electrons. The first-order valence-corrected chi connectivity index (χ1v) is 6.72. The third-order valence-electron chi connectivity index (χ3n) is 3.48. The summed E-state index contributed by atoms with van der Waals surface area (Å²) in [6.07, 6.45) is 11.6. The second-order valence-corrected chi connectivity index (χ2v) is 4.76. The number of amides is 1. The molecule has 1 heterocycles. The minimum atomic E-state index is 0.282. The minimum absolute atomic E-state index is 0.282. The highest BCUT2D eigenvalue weighted by Crippen LogP contribution is 2.23. The molecule has 1 amide bonds. The van der Waals surface area contributed by atoms with Crippen LogP contribution in [0.5, 0.6) is 0 Å². The van der Waals surface area contributed by atoms with E-state index < -0.39 is 0 Å². The van der Waals surface area contributed by atoms with Gasteiger partial charge in [0.25, 0.3) is 0 Å². The van der Waals surface area contributed by atoms with Crippen LogP contribution in [0.1, 0.15) is 58.3 Å². The summed E-state index contributed by atoms with van der Waals surface area (Å²) in [6, 6.07) is 0. The quantitative estimate of drug-likeness (QED) is 0.574. The van der Waals surface area contributed by atoms with Crippen LogP contribution in [0.25, 0.3) is 0 Å². The molecule has 1 atom stereocenters. The Morgan fingerprint density at radius 2 is 2.00 bits per heavy atom. The molecule has 0 aliphatic carbocycles. The maximum absolute atomic E-state index is 11.8. The Balaban J connectivity index is 2.05. The van der Waals surface area contributed by atoms with Crippen molar-refractivity contribution in [3.8, 4) is 0 Å². The third kappa shape index (κ3) is 3.99. The first-order valence-electron chi connectivity index (χ1n) is 6.72. The second-order valence-electron chi connectivity index (χ2n) is 4.76. The van der Waals surface area contributed by atoms with Gasteiger partial charge in [0.15, 0.2) is 0 Å². The van der Waals surface area contributed by atoms with E-state index in [2.05, 4.69) is 13.5 Å². The zero-order valence-electron chi connectivity index (χ0n) is 10.6. The fraction of sp³-hybridized carbons (Fsp3) is 0.786. The van der Waals surface area contributed by atoms with E-state index in [0.29, 0.717) is 5.91 Å². The highest BCUT2D eigenvalue weighted by Gasteiger charge is 2.28. The van der Waals surface area contributed by atoms with Crippen LogP contribution in [-0.4, -0.2) is 17.4 Å². The van der Waals surface area contributed by atoms with Crippen molar-refractivity contribution in [1.29, 1.82) is 0 Å². The number of nitrogens with zero attached hydrogens (tertiary/aromatic N) is 1. The van der Waals surface area contributed by atoms with Crippen LogP contribution in [-0.2, 0) is 4.79 Å². The Morgan fingerprint density at radius 3 is 2.62 bits per heavy atom. The molecule has 0 aromatic rings. The van der Waals surface area contributed by atoms with Crippen molar-refractivity contribution in [3.63, 3.8) is 0 Å². The topological polar surface area (TPSA) is 20.3 Å². The molecule has 0 aromatic carbocycles. The Kier molecular flexibility index (Phi) is 6.20. The zero-order chi connectivity index (χ0) is 11.8. The van der Waals surface area contributed by atoms with Crippen LogP contribution in [0, 0.1) is 5.92 Å². The fourth-order valence-electron chi connectivity index (χ4n) is 2.38. The summed E-state index contributed by atoms with van der Waals surface area (Å²) in [5, 5.41) is 0. The highest BCUT2D eigenvalue weighted by molar-refractivity contribution is 5.81. The number of hydrogen-bond donors (Lipinski definition) is 0. The van der Waals surface area contributed by atoms with E-state index >= 15 is 0 Å². The molecular formula is C14H25NO. The molecule has 1 rings (SSSR count). The molecule has 0 saturated carbocycles. The number of carbonyl (C=O) groups excluding carboxylic acids is 1. The van der Waals surface area contributed by atoms with Gasteiger partial charge in [-0.05, 0) is 19.0 Å². The Labute approximate surface area is 99.7 Å². The van der Waals surface area contributed by atoms with Gasteiger partial charge in [0.2, 0.25) is 5.91 Å². The van der Waals surface area contributed by atoms with E-state index in [9.17, 15) is 4.79 Å². The lowest BCUT2D eigenvalue weighted by Crippen LogP contribution is -2.21. The summed E-state index contributed by atoms with van der Waals surface area (Å²) in [6.45, 7) is 6.78. The standard InChI is InChI=1S/C14H25NO/c1-3-5-6-7-8-9-10-13-11-12-15(4-2)14(13)16/h4,13H,2-3,5-12H2,1H3. The Hall–Kier alpha value is -0.790. The van der Waals surface area contributed by atoms with Gasteiger partial charge in [0.1, 0.15) is 0 Å². The molecule has 0 radical (unpaired) electrons. The summed E-state index contributed by atoms with van der Waals surface area (Å²) < 4.78 is 0. The summed E-state index contributed by atoms with van der Waals surface area (Å²) in [7, 11) is 0. The van der Waals surface area contributed by atoms with Crippen LogP contribution < -0.4 is 0 Å². The number of unbranched alkanes of at least 4 members (excludes halogenated alkanes) is 5. The highest BCUT2D eigenvalue weighted by atomic mass is 16.2. The van der Waals surface area contributed by atoms with Crippen LogP contribution >= 0.6 is 0 Å². The monoisotopic (exact) mass is 223 g/mol. The van der Waals surface area contributed by atoms with Crippen molar-refractivity contribution < 1.29 is 4.79 Å². The summed E-state index contributed by atoms with van der Waals surface area (Å²) >= 11 is 0. The maximum atomic E-state index is 11.8. The van der Waals surface area contributed by atoms with E-state index in [1.807, 2.05) is 0 Å².